The molecule has 2 rings (SSSR count). The summed E-state index contributed by atoms with van der Waals surface area (Å²) in [5.41, 5.74) is 7.32. The van der Waals surface area contributed by atoms with Crippen LogP contribution in [0.4, 0.5) is 5.69 Å². The number of fused-ring (bicyclic) bond motifs is 1. The van der Waals surface area contributed by atoms with Gasteiger partial charge in [-0.15, -0.1) is 0 Å². The summed E-state index contributed by atoms with van der Waals surface area (Å²) in [4.78, 5) is 11.5. The Hall–Kier alpha value is -1.59. The molecule has 0 aliphatic carbocycles. The molecule has 0 saturated heterocycles. The number of unbranched alkanes of at least 4 members (excludes halogenated alkanes) is 1. The quantitative estimate of drug-likeness (QED) is 0.675. The zero-order valence-corrected chi connectivity index (χ0v) is 11.2. The molecule has 19 heavy (non-hydrogen) atoms. The number of hydrogen-bond acceptors (Lipinski definition) is 4. The van der Waals surface area contributed by atoms with Crippen molar-refractivity contribution >= 4 is 11.6 Å². The van der Waals surface area contributed by atoms with Crippen LogP contribution in [0, 0.1) is 0 Å². The minimum absolute atomic E-state index is 0.0967. The van der Waals surface area contributed by atoms with Gasteiger partial charge in [0.2, 0.25) is 0 Å². The molecule has 0 spiro atoms. The molecule has 1 atom stereocenters. The minimum Gasteiger partial charge on any atom is -0.479 e. The number of ether oxygens (including phenoxy) is 1. The van der Waals surface area contributed by atoms with Gasteiger partial charge in [-0.1, -0.05) is 6.07 Å². The van der Waals surface area contributed by atoms with Crippen molar-refractivity contribution in [1.29, 1.82) is 0 Å². The van der Waals surface area contributed by atoms with E-state index < -0.39 is 6.10 Å². The number of carbonyl (C=O) groups excluding carboxylic acids is 1. The van der Waals surface area contributed by atoms with Crippen molar-refractivity contribution in [3.05, 3.63) is 23.8 Å². The maximum atomic E-state index is 11.5. The predicted molar refractivity (Wildman–Crippen MR) is 75.2 cm³/mol. The Morgan fingerprint density at radius 3 is 3.05 bits per heavy atom. The van der Waals surface area contributed by atoms with E-state index in [-0.39, 0.29) is 5.91 Å². The van der Waals surface area contributed by atoms with Crippen LogP contribution in [0.2, 0.25) is 0 Å². The van der Waals surface area contributed by atoms with E-state index in [1.165, 1.54) is 0 Å². The van der Waals surface area contributed by atoms with Crippen LogP contribution < -0.4 is 21.1 Å². The van der Waals surface area contributed by atoms with Crippen molar-refractivity contribution in [2.75, 3.05) is 18.4 Å². The van der Waals surface area contributed by atoms with Gasteiger partial charge in [0, 0.05) is 6.54 Å². The fourth-order valence-electron chi connectivity index (χ4n) is 1.99. The monoisotopic (exact) mass is 263 g/mol. The highest BCUT2D eigenvalue weighted by Gasteiger charge is 2.23. The normalized spacial score (nSPS) is 17.6. The molecule has 0 radical (unpaired) electrons. The Labute approximate surface area is 113 Å². The highest BCUT2D eigenvalue weighted by molar-refractivity contribution is 5.97. The van der Waals surface area contributed by atoms with Crippen LogP contribution in [0.1, 0.15) is 25.3 Å². The van der Waals surface area contributed by atoms with Crippen LogP contribution in [0.15, 0.2) is 18.2 Å². The van der Waals surface area contributed by atoms with Gasteiger partial charge in [0.15, 0.2) is 6.10 Å². The predicted octanol–water partition coefficient (Wildman–Crippen LogP) is 1.23. The Bertz CT molecular complexity index is 448. The van der Waals surface area contributed by atoms with Crippen LogP contribution >= 0.6 is 0 Å². The number of hydrogen-bond donors (Lipinski definition) is 3. The molecule has 0 fully saturated rings. The van der Waals surface area contributed by atoms with Crippen molar-refractivity contribution in [3.8, 4) is 5.75 Å². The molecule has 0 bridgehead atoms. The zero-order chi connectivity index (χ0) is 13.7. The fourth-order valence-corrected chi connectivity index (χ4v) is 1.99. The van der Waals surface area contributed by atoms with Crippen LogP contribution in [0.25, 0.3) is 0 Å². The topological polar surface area (TPSA) is 76.4 Å². The molecule has 4 N–H and O–H groups in total. The number of nitrogens with two attached hydrogens (primary N) is 1. The molecule has 104 valence electrons. The van der Waals surface area contributed by atoms with E-state index in [9.17, 15) is 4.79 Å². The summed E-state index contributed by atoms with van der Waals surface area (Å²) >= 11 is 0. The summed E-state index contributed by atoms with van der Waals surface area (Å²) in [6, 6.07) is 5.87. The smallest absolute Gasteiger partial charge is 0.265 e. The van der Waals surface area contributed by atoms with Gasteiger partial charge in [0.25, 0.3) is 5.91 Å². The van der Waals surface area contributed by atoms with Crippen LogP contribution in [-0.2, 0) is 11.3 Å². The average molecular weight is 263 g/mol. The third-order valence-corrected chi connectivity index (χ3v) is 3.11. The highest BCUT2D eigenvalue weighted by Crippen LogP contribution is 2.30. The maximum Gasteiger partial charge on any atom is 0.265 e. The largest absolute Gasteiger partial charge is 0.479 e. The third kappa shape index (κ3) is 3.68. The Balaban J connectivity index is 1.90. The van der Waals surface area contributed by atoms with E-state index in [1.54, 1.807) is 6.92 Å². The number of benzene rings is 1. The number of anilines is 1. The number of nitrogens with one attached hydrogen (secondary N) is 2. The van der Waals surface area contributed by atoms with E-state index in [4.69, 9.17) is 10.5 Å². The summed E-state index contributed by atoms with van der Waals surface area (Å²) < 4.78 is 5.51. The average Bonchev–Trinajstić information content (AvgIpc) is 2.40. The van der Waals surface area contributed by atoms with Crippen molar-refractivity contribution in [2.45, 2.75) is 32.4 Å². The van der Waals surface area contributed by atoms with Gasteiger partial charge in [0.1, 0.15) is 5.75 Å². The molecule has 5 heteroatoms. The van der Waals surface area contributed by atoms with Crippen LogP contribution in [0.3, 0.4) is 0 Å². The lowest BCUT2D eigenvalue weighted by Crippen LogP contribution is -2.34. The van der Waals surface area contributed by atoms with E-state index in [0.29, 0.717) is 0 Å². The fraction of sp³-hybridized carbons (Fsp3) is 0.500. The molecular weight excluding hydrogens is 242 g/mol. The van der Waals surface area contributed by atoms with Crippen LogP contribution in [0.5, 0.6) is 5.75 Å². The summed E-state index contributed by atoms with van der Waals surface area (Å²) in [6.45, 7) is 4.21. The van der Waals surface area contributed by atoms with Gasteiger partial charge >= 0.3 is 0 Å². The van der Waals surface area contributed by atoms with E-state index in [2.05, 4.69) is 10.6 Å². The molecule has 1 aliphatic rings. The highest BCUT2D eigenvalue weighted by atomic mass is 16.5. The number of rotatable bonds is 6. The molecule has 1 unspecified atom stereocenters. The molecule has 0 aromatic heterocycles. The molecule has 1 heterocycles. The lowest BCUT2D eigenvalue weighted by atomic mass is 10.1. The third-order valence-electron chi connectivity index (χ3n) is 3.11. The maximum absolute atomic E-state index is 11.5. The molecule has 1 aromatic carbocycles. The van der Waals surface area contributed by atoms with E-state index >= 15 is 0 Å². The first-order chi connectivity index (χ1) is 9.20. The lowest BCUT2D eigenvalue weighted by molar-refractivity contribution is -0.122. The van der Waals surface area contributed by atoms with Gasteiger partial charge in [-0.2, -0.15) is 0 Å². The molecule has 0 saturated carbocycles. The number of carbonyl (C=O) groups is 1. The first-order valence-electron chi connectivity index (χ1n) is 6.72. The van der Waals surface area contributed by atoms with Gasteiger partial charge in [0.05, 0.1) is 5.69 Å². The summed E-state index contributed by atoms with van der Waals surface area (Å²) in [6.07, 6.45) is 1.70. The second kappa shape index (κ2) is 6.54. The van der Waals surface area contributed by atoms with Gasteiger partial charge in [-0.3, -0.25) is 4.79 Å². The second-order valence-electron chi connectivity index (χ2n) is 4.75. The van der Waals surface area contributed by atoms with Gasteiger partial charge in [-0.25, -0.2) is 0 Å². The minimum atomic E-state index is -0.423. The Kier molecular flexibility index (Phi) is 4.76. The SMILES string of the molecule is CC1Oc2ccc(CNCCCCN)cc2NC1=O. The van der Waals surface area contributed by atoms with E-state index in [0.717, 1.165) is 49.5 Å². The standard InChI is InChI=1S/C14H21N3O2/c1-10-14(18)17-12-8-11(4-5-13(12)19-10)9-16-7-3-2-6-15/h4-5,8,10,16H,2-3,6-7,9,15H2,1H3,(H,17,18). The number of amides is 1. The Morgan fingerprint density at radius 1 is 1.42 bits per heavy atom. The molecule has 1 amide bonds. The van der Waals surface area contributed by atoms with Crippen molar-refractivity contribution in [2.24, 2.45) is 5.73 Å². The van der Waals surface area contributed by atoms with Crippen molar-refractivity contribution in [1.82, 2.24) is 5.32 Å². The lowest BCUT2D eigenvalue weighted by Gasteiger charge is -2.23. The first-order valence-corrected chi connectivity index (χ1v) is 6.72. The van der Waals surface area contributed by atoms with Crippen molar-refractivity contribution < 1.29 is 9.53 Å². The van der Waals surface area contributed by atoms with E-state index in [1.807, 2.05) is 18.2 Å². The molecule has 1 aliphatic heterocycles. The Morgan fingerprint density at radius 2 is 2.26 bits per heavy atom. The molecule has 1 aromatic rings. The van der Waals surface area contributed by atoms with Crippen LogP contribution in [-0.4, -0.2) is 25.1 Å². The van der Waals surface area contributed by atoms with Gasteiger partial charge in [-0.05, 0) is 50.6 Å². The summed E-state index contributed by atoms with van der Waals surface area (Å²) in [7, 11) is 0. The molecule has 5 nitrogen and oxygen atoms in total. The molecular formula is C14H21N3O2. The summed E-state index contributed by atoms with van der Waals surface area (Å²) in [5.74, 6) is 0.638. The second-order valence-corrected chi connectivity index (χ2v) is 4.75. The first kappa shape index (κ1) is 13.8. The zero-order valence-electron chi connectivity index (χ0n) is 11.2. The van der Waals surface area contributed by atoms with Gasteiger partial charge < -0.3 is 21.1 Å². The summed E-state index contributed by atoms with van der Waals surface area (Å²) in [5, 5.41) is 6.21. The van der Waals surface area contributed by atoms with Crippen molar-refractivity contribution in [3.63, 3.8) is 0 Å².